The highest BCUT2D eigenvalue weighted by molar-refractivity contribution is 5.30. The molecule has 0 bridgehead atoms. The molecule has 2 rings (SSSR count). The predicted molar refractivity (Wildman–Crippen MR) is 71.6 cm³/mol. The average molecular weight is 243 g/mol. The summed E-state index contributed by atoms with van der Waals surface area (Å²) in [5, 5.41) is 0. The number of anilines is 1. The molecule has 0 spiro atoms. The molecular formula is C14H17N3O. The smallest absolute Gasteiger partial charge is 0.131 e. The minimum atomic E-state index is 0.534. The fourth-order valence-corrected chi connectivity index (χ4v) is 1.82. The average Bonchev–Trinajstić information content (AvgIpc) is 2.36. The number of methoxy groups -OCH3 is 1. The number of rotatable bonds is 4. The lowest BCUT2D eigenvalue weighted by atomic mass is 10.1. The fraction of sp³-hybridized carbons (Fsp3) is 0.286. The number of nitrogen functional groups attached to an aromatic ring is 1. The van der Waals surface area contributed by atoms with Gasteiger partial charge >= 0.3 is 0 Å². The van der Waals surface area contributed by atoms with Gasteiger partial charge in [-0.3, -0.25) is 0 Å². The van der Waals surface area contributed by atoms with Gasteiger partial charge in [0.15, 0.2) is 0 Å². The van der Waals surface area contributed by atoms with E-state index < -0.39 is 0 Å². The van der Waals surface area contributed by atoms with Crippen LogP contribution in [0.3, 0.4) is 0 Å². The van der Waals surface area contributed by atoms with Crippen LogP contribution in [-0.4, -0.2) is 17.1 Å². The van der Waals surface area contributed by atoms with E-state index in [-0.39, 0.29) is 0 Å². The van der Waals surface area contributed by atoms with Crippen molar-refractivity contribution in [2.45, 2.75) is 19.8 Å². The molecule has 4 heteroatoms. The standard InChI is InChI=1S/C14H17N3O/c1-10-9-13(15)17-14(16-10)8-5-11-3-6-12(18-2)7-4-11/h3-4,6-7,9H,5,8H2,1-2H3,(H2,15,16,17). The van der Waals surface area contributed by atoms with Crippen molar-refractivity contribution in [1.82, 2.24) is 9.97 Å². The molecule has 4 nitrogen and oxygen atoms in total. The van der Waals surface area contributed by atoms with E-state index >= 15 is 0 Å². The first-order valence-corrected chi connectivity index (χ1v) is 5.90. The molecule has 0 aliphatic carbocycles. The van der Waals surface area contributed by atoms with Gasteiger partial charge < -0.3 is 10.5 Å². The molecule has 0 radical (unpaired) electrons. The van der Waals surface area contributed by atoms with Crippen molar-refractivity contribution in [3.8, 4) is 5.75 Å². The molecule has 94 valence electrons. The summed E-state index contributed by atoms with van der Waals surface area (Å²) < 4.78 is 5.12. The third-order valence-electron chi connectivity index (χ3n) is 2.72. The maximum absolute atomic E-state index is 5.70. The van der Waals surface area contributed by atoms with Gasteiger partial charge in [0.25, 0.3) is 0 Å². The molecule has 1 heterocycles. The van der Waals surface area contributed by atoms with Gasteiger partial charge in [-0.25, -0.2) is 9.97 Å². The number of hydrogen-bond donors (Lipinski definition) is 1. The Kier molecular flexibility index (Phi) is 3.77. The summed E-state index contributed by atoms with van der Waals surface area (Å²) in [6.45, 7) is 1.93. The third-order valence-corrected chi connectivity index (χ3v) is 2.72. The molecule has 0 aliphatic heterocycles. The van der Waals surface area contributed by atoms with Crippen LogP contribution in [0.25, 0.3) is 0 Å². The molecule has 0 saturated carbocycles. The van der Waals surface area contributed by atoms with Crippen molar-refractivity contribution in [3.63, 3.8) is 0 Å². The SMILES string of the molecule is COc1ccc(CCc2nc(C)cc(N)n2)cc1. The van der Waals surface area contributed by atoms with Crippen LogP contribution in [0.15, 0.2) is 30.3 Å². The van der Waals surface area contributed by atoms with Crippen molar-refractivity contribution >= 4 is 5.82 Å². The highest BCUT2D eigenvalue weighted by Gasteiger charge is 2.01. The summed E-state index contributed by atoms with van der Waals surface area (Å²) in [5.41, 5.74) is 7.84. The lowest BCUT2D eigenvalue weighted by molar-refractivity contribution is 0.414. The molecule has 0 atom stereocenters. The number of nitrogens with two attached hydrogens (primary N) is 1. The van der Waals surface area contributed by atoms with Crippen molar-refractivity contribution in [3.05, 3.63) is 47.4 Å². The van der Waals surface area contributed by atoms with E-state index in [1.807, 2.05) is 19.1 Å². The zero-order valence-electron chi connectivity index (χ0n) is 10.7. The van der Waals surface area contributed by atoms with Gasteiger partial charge in [-0.2, -0.15) is 0 Å². The van der Waals surface area contributed by atoms with Crippen LogP contribution in [0, 0.1) is 6.92 Å². The third kappa shape index (κ3) is 3.20. The van der Waals surface area contributed by atoms with Crippen LogP contribution in [0.2, 0.25) is 0 Å². The van der Waals surface area contributed by atoms with E-state index in [0.29, 0.717) is 5.82 Å². The number of aryl methyl sites for hydroxylation is 3. The second-order valence-corrected chi connectivity index (χ2v) is 4.20. The van der Waals surface area contributed by atoms with E-state index in [9.17, 15) is 0 Å². The summed E-state index contributed by atoms with van der Waals surface area (Å²) in [6, 6.07) is 9.80. The van der Waals surface area contributed by atoms with Gasteiger partial charge in [0.2, 0.25) is 0 Å². The monoisotopic (exact) mass is 243 g/mol. The number of aromatic nitrogens is 2. The molecule has 0 fully saturated rings. The normalized spacial score (nSPS) is 10.3. The highest BCUT2D eigenvalue weighted by Crippen LogP contribution is 2.13. The quantitative estimate of drug-likeness (QED) is 0.894. The number of ether oxygens (including phenoxy) is 1. The van der Waals surface area contributed by atoms with Crippen LogP contribution in [-0.2, 0) is 12.8 Å². The largest absolute Gasteiger partial charge is 0.497 e. The highest BCUT2D eigenvalue weighted by atomic mass is 16.5. The number of hydrogen-bond acceptors (Lipinski definition) is 4. The maximum atomic E-state index is 5.70. The zero-order valence-corrected chi connectivity index (χ0v) is 10.7. The molecule has 0 aliphatic rings. The van der Waals surface area contributed by atoms with Gasteiger partial charge in [0.05, 0.1) is 7.11 Å². The fourth-order valence-electron chi connectivity index (χ4n) is 1.82. The zero-order chi connectivity index (χ0) is 13.0. The van der Waals surface area contributed by atoms with Crippen LogP contribution in [0.4, 0.5) is 5.82 Å². The van der Waals surface area contributed by atoms with E-state index in [1.54, 1.807) is 13.2 Å². The Balaban J connectivity index is 2.01. The Labute approximate surface area is 107 Å². The van der Waals surface area contributed by atoms with Crippen LogP contribution in [0.5, 0.6) is 5.75 Å². The van der Waals surface area contributed by atoms with Crippen LogP contribution < -0.4 is 10.5 Å². The molecule has 2 N–H and O–H groups in total. The minimum Gasteiger partial charge on any atom is -0.497 e. The molecular weight excluding hydrogens is 226 g/mol. The van der Waals surface area contributed by atoms with Crippen molar-refractivity contribution in [2.75, 3.05) is 12.8 Å². The molecule has 1 aromatic heterocycles. The summed E-state index contributed by atoms with van der Waals surface area (Å²) >= 11 is 0. The van der Waals surface area contributed by atoms with E-state index in [0.717, 1.165) is 30.1 Å². The predicted octanol–water partition coefficient (Wildman–Crippen LogP) is 2.16. The first kappa shape index (κ1) is 12.4. The van der Waals surface area contributed by atoms with Crippen molar-refractivity contribution < 1.29 is 4.74 Å². The summed E-state index contributed by atoms with van der Waals surface area (Å²) in [5.74, 6) is 2.20. The molecule has 0 amide bonds. The number of nitrogens with zero attached hydrogens (tertiary/aromatic N) is 2. The first-order valence-electron chi connectivity index (χ1n) is 5.90. The Morgan fingerprint density at radius 3 is 2.44 bits per heavy atom. The summed E-state index contributed by atoms with van der Waals surface area (Å²) in [6.07, 6.45) is 1.69. The van der Waals surface area contributed by atoms with E-state index in [2.05, 4.69) is 22.1 Å². The van der Waals surface area contributed by atoms with E-state index in [1.165, 1.54) is 5.56 Å². The van der Waals surface area contributed by atoms with Gasteiger partial charge in [-0.05, 0) is 31.0 Å². The van der Waals surface area contributed by atoms with Crippen LogP contribution >= 0.6 is 0 Å². The first-order chi connectivity index (χ1) is 8.67. The second kappa shape index (κ2) is 5.49. The maximum Gasteiger partial charge on any atom is 0.131 e. The molecule has 2 aromatic rings. The Morgan fingerprint density at radius 1 is 1.11 bits per heavy atom. The Bertz CT molecular complexity index is 503. The lowest BCUT2D eigenvalue weighted by Gasteiger charge is -2.04. The van der Waals surface area contributed by atoms with Gasteiger partial charge in [-0.15, -0.1) is 0 Å². The van der Waals surface area contributed by atoms with Gasteiger partial charge in [-0.1, -0.05) is 12.1 Å². The molecule has 0 unspecified atom stereocenters. The topological polar surface area (TPSA) is 61.0 Å². The Morgan fingerprint density at radius 2 is 1.83 bits per heavy atom. The van der Waals surface area contributed by atoms with Gasteiger partial charge in [0.1, 0.15) is 17.4 Å². The summed E-state index contributed by atoms with van der Waals surface area (Å²) in [7, 11) is 1.67. The Hall–Kier alpha value is -2.10. The van der Waals surface area contributed by atoms with Crippen molar-refractivity contribution in [2.24, 2.45) is 0 Å². The summed E-state index contributed by atoms with van der Waals surface area (Å²) in [4.78, 5) is 8.59. The number of benzene rings is 1. The van der Waals surface area contributed by atoms with Gasteiger partial charge in [0, 0.05) is 18.2 Å². The minimum absolute atomic E-state index is 0.534. The van der Waals surface area contributed by atoms with E-state index in [4.69, 9.17) is 10.5 Å². The van der Waals surface area contributed by atoms with Crippen molar-refractivity contribution in [1.29, 1.82) is 0 Å². The molecule has 1 aromatic carbocycles. The molecule has 0 saturated heterocycles. The lowest BCUT2D eigenvalue weighted by Crippen LogP contribution is -2.03. The second-order valence-electron chi connectivity index (χ2n) is 4.20. The molecule has 18 heavy (non-hydrogen) atoms. The van der Waals surface area contributed by atoms with Crippen LogP contribution in [0.1, 0.15) is 17.1 Å².